The van der Waals surface area contributed by atoms with Gasteiger partial charge in [0.1, 0.15) is 11.2 Å². The summed E-state index contributed by atoms with van der Waals surface area (Å²) >= 11 is 1.95. The number of para-hydroxylation sites is 2. The molecule has 0 unspecified atom stereocenters. The third-order valence-corrected chi connectivity index (χ3v) is 17.4. The van der Waals surface area contributed by atoms with Crippen molar-refractivity contribution >= 4 is 117 Å². The van der Waals surface area contributed by atoms with E-state index in [0.29, 0.717) is 5.92 Å². The second kappa shape index (κ2) is 18.3. The van der Waals surface area contributed by atoms with E-state index in [1.165, 1.54) is 65.0 Å². The number of hydrogen-bond donors (Lipinski definition) is 0. The van der Waals surface area contributed by atoms with E-state index >= 15 is 0 Å². The SMILES string of the molecule is CCc1ccc(N2c3cc(-c4ccccc4)cc4c3B(c3ccc(N(c5ccc(C(C)(C)C)cc5)c5ccccc5-c5ccccc5)cc3N4c3ccc4oc5ccccc5c4c3)c3sc4ccc(C(C)C)cc4c32)cc1. The van der Waals surface area contributed by atoms with E-state index in [0.717, 1.165) is 79.3 Å². The van der Waals surface area contributed by atoms with Crippen LogP contribution < -0.4 is 30.4 Å². The molecule has 14 rings (SSSR count). The molecule has 4 heterocycles. The van der Waals surface area contributed by atoms with Gasteiger partial charge < -0.3 is 19.1 Å². The normalized spacial score (nSPS) is 12.9. The minimum atomic E-state index is -0.0687. The molecule has 0 bridgehead atoms. The molecule has 2 aromatic heterocycles. The van der Waals surface area contributed by atoms with Crippen LogP contribution in [0.15, 0.2) is 229 Å². The topological polar surface area (TPSA) is 22.9 Å². The maximum absolute atomic E-state index is 6.54. The van der Waals surface area contributed by atoms with Crippen molar-refractivity contribution in [2.75, 3.05) is 14.7 Å². The van der Waals surface area contributed by atoms with Gasteiger partial charge in [0, 0.05) is 71.0 Å². The lowest BCUT2D eigenvalue weighted by atomic mass is 9.36. The zero-order chi connectivity index (χ0) is 52.1. The fraction of sp³-hybridized carbons (Fsp3) is 0.127. The third kappa shape index (κ3) is 7.79. The number of furan rings is 1. The predicted octanol–water partition coefficient (Wildman–Crippen LogP) is 18.7. The standard InChI is InChI=1S/C71H58BN3OS/c1-7-46-26-31-53(32-27-46)75-64-42-50(47-18-10-8-11-19-47)41-63-68(64)72(70-69(75)59-40-49(45(2)3)28-39-67(59)77-70)60-37-35-55(44-62(60)74(63)54-36-38-66-58(43-54)57-23-15-17-25-65(57)76-66)73(52-33-29-51(30-34-52)71(4,5)6)61-24-16-14-22-56(61)48-20-12-9-13-21-48/h8-45H,7H2,1-6H3. The molecule has 0 radical (unpaired) electrons. The number of rotatable bonds is 9. The van der Waals surface area contributed by atoms with Crippen LogP contribution in [0.5, 0.6) is 0 Å². The summed E-state index contributed by atoms with van der Waals surface area (Å²) in [5.41, 5.74) is 23.3. The molecule has 6 heteroatoms. The van der Waals surface area contributed by atoms with Gasteiger partial charge in [-0.25, -0.2) is 0 Å². The zero-order valence-electron chi connectivity index (χ0n) is 44.4. The molecule has 10 aromatic carbocycles. The Morgan fingerprint density at radius 1 is 0.532 bits per heavy atom. The Morgan fingerprint density at radius 2 is 1.19 bits per heavy atom. The van der Waals surface area contributed by atoms with Crippen LogP contribution in [-0.2, 0) is 11.8 Å². The smallest absolute Gasteiger partial charge is 0.264 e. The first kappa shape index (κ1) is 46.9. The highest BCUT2D eigenvalue weighted by atomic mass is 32.1. The molecule has 0 N–H and O–H groups in total. The average molecular weight is 1010 g/mol. The Morgan fingerprint density at radius 3 is 1.94 bits per heavy atom. The van der Waals surface area contributed by atoms with Crippen LogP contribution in [0.1, 0.15) is 64.2 Å². The van der Waals surface area contributed by atoms with E-state index in [-0.39, 0.29) is 12.1 Å². The van der Waals surface area contributed by atoms with Gasteiger partial charge >= 0.3 is 0 Å². The fourth-order valence-corrected chi connectivity index (χ4v) is 13.4. The first-order valence-corrected chi connectivity index (χ1v) is 28.0. The molecule has 372 valence electrons. The van der Waals surface area contributed by atoms with Crippen LogP contribution in [0.2, 0.25) is 0 Å². The average Bonchev–Trinajstić information content (AvgIpc) is 4.29. The summed E-state index contributed by atoms with van der Waals surface area (Å²) in [6.07, 6.45) is 0.979. The highest BCUT2D eigenvalue weighted by molar-refractivity contribution is 7.33. The summed E-state index contributed by atoms with van der Waals surface area (Å²) in [5.74, 6) is 0.381. The van der Waals surface area contributed by atoms with E-state index in [1.54, 1.807) is 0 Å². The van der Waals surface area contributed by atoms with E-state index in [4.69, 9.17) is 4.42 Å². The molecule has 0 fully saturated rings. The minimum Gasteiger partial charge on any atom is -0.456 e. The molecule has 0 saturated heterocycles. The number of hydrogen-bond acceptors (Lipinski definition) is 5. The van der Waals surface area contributed by atoms with Crippen molar-refractivity contribution in [2.24, 2.45) is 0 Å². The van der Waals surface area contributed by atoms with Gasteiger partial charge in [-0.2, -0.15) is 0 Å². The predicted molar refractivity (Wildman–Crippen MR) is 331 cm³/mol. The maximum Gasteiger partial charge on any atom is 0.264 e. The van der Waals surface area contributed by atoms with Crippen molar-refractivity contribution in [3.63, 3.8) is 0 Å². The molecule has 0 amide bonds. The van der Waals surface area contributed by atoms with Gasteiger partial charge in [-0.1, -0.05) is 175 Å². The molecular formula is C71H58BN3OS. The van der Waals surface area contributed by atoms with Crippen LogP contribution in [0.4, 0.5) is 51.2 Å². The quantitative estimate of drug-likeness (QED) is 0.134. The number of benzene rings is 10. The highest BCUT2D eigenvalue weighted by Crippen LogP contribution is 2.52. The Hall–Kier alpha value is -8.58. The van der Waals surface area contributed by atoms with Gasteiger partial charge in [0.2, 0.25) is 0 Å². The Kier molecular flexibility index (Phi) is 11.2. The van der Waals surface area contributed by atoms with Crippen LogP contribution in [0.3, 0.4) is 0 Å². The Bertz CT molecular complexity index is 4230. The van der Waals surface area contributed by atoms with Gasteiger partial charge in [-0.15, -0.1) is 11.3 Å². The van der Waals surface area contributed by atoms with E-state index in [1.807, 2.05) is 11.3 Å². The summed E-state index contributed by atoms with van der Waals surface area (Å²) in [4.78, 5) is 7.65. The number of aryl methyl sites for hydroxylation is 1. The largest absolute Gasteiger partial charge is 0.456 e. The molecular weight excluding hydrogens is 954 g/mol. The van der Waals surface area contributed by atoms with Crippen molar-refractivity contribution in [1.29, 1.82) is 0 Å². The van der Waals surface area contributed by atoms with Crippen LogP contribution in [0.25, 0.3) is 54.3 Å². The molecule has 0 atom stereocenters. The van der Waals surface area contributed by atoms with Gasteiger partial charge in [0.25, 0.3) is 6.71 Å². The van der Waals surface area contributed by atoms with Gasteiger partial charge in [-0.3, -0.25) is 0 Å². The Labute approximate surface area is 456 Å². The van der Waals surface area contributed by atoms with E-state index < -0.39 is 0 Å². The summed E-state index contributed by atoms with van der Waals surface area (Å²) < 4.78 is 9.19. The zero-order valence-corrected chi connectivity index (χ0v) is 45.2. The lowest BCUT2D eigenvalue weighted by Crippen LogP contribution is -2.60. The first-order valence-electron chi connectivity index (χ1n) is 27.2. The van der Waals surface area contributed by atoms with E-state index in [9.17, 15) is 0 Å². The van der Waals surface area contributed by atoms with Gasteiger partial charge in [0.05, 0.1) is 11.4 Å². The van der Waals surface area contributed by atoms with E-state index in [2.05, 4.69) is 281 Å². The summed E-state index contributed by atoms with van der Waals surface area (Å²) in [7, 11) is 0. The molecule has 0 aliphatic carbocycles. The van der Waals surface area contributed by atoms with Gasteiger partial charge in [-0.05, 0) is 153 Å². The summed E-state index contributed by atoms with van der Waals surface area (Å²) in [6, 6.07) is 83.9. The number of fused-ring (bicyclic) bond motifs is 9. The number of nitrogens with zero attached hydrogens (tertiary/aromatic N) is 3. The molecule has 2 aliphatic rings. The van der Waals surface area contributed by atoms with Crippen molar-refractivity contribution in [2.45, 2.75) is 59.3 Å². The monoisotopic (exact) mass is 1010 g/mol. The molecule has 0 spiro atoms. The first-order chi connectivity index (χ1) is 37.6. The summed E-state index contributed by atoms with van der Waals surface area (Å²) in [6.45, 7) is 13.7. The fourth-order valence-electron chi connectivity index (χ4n) is 12.1. The van der Waals surface area contributed by atoms with Crippen molar-refractivity contribution in [3.05, 3.63) is 241 Å². The highest BCUT2D eigenvalue weighted by Gasteiger charge is 2.46. The number of thiophene rings is 1. The van der Waals surface area contributed by atoms with Crippen LogP contribution in [-0.4, -0.2) is 6.71 Å². The minimum absolute atomic E-state index is 0.000226. The second-order valence-electron chi connectivity index (χ2n) is 22.2. The van der Waals surface area contributed by atoms with Crippen molar-refractivity contribution in [1.82, 2.24) is 0 Å². The number of anilines is 9. The lowest BCUT2D eigenvalue weighted by Gasteiger charge is -2.44. The summed E-state index contributed by atoms with van der Waals surface area (Å²) in [5, 5.41) is 3.50. The molecule has 4 nitrogen and oxygen atoms in total. The van der Waals surface area contributed by atoms with Crippen LogP contribution >= 0.6 is 11.3 Å². The second-order valence-corrected chi connectivity index (χ2v) is 23.3. The van der Waals surface area contributed by atoms with Crippen molar-refractivity contribution in [3.8, 4) is 22.3 Å². The third-order valence-electron chi connectivity index (χ3n) is 16.1. The molecule has 2 aliphatic heterocycles. The lowest BCUT2D eigenvalue weighted by molar-refractivity contribution is 0.590. The van der Waals surface area contributed by atoms with Crippen molar-refractivity contribution < 1.29 is 4.42 Å². The Balaban J connectivity index is 1.09. The molecule has 77 heavy (non-hydrogen) atoms. The van der Waals surface area contributed by atoms with Gasteiger partial charge in [0.15, 0.2) is 0 Å². The molecule has 12 aromatic rings. The molecule has 0 saturated carbocycles. The maximum atomic E-state index is 6.54. The van der Waals surface area contributed by atoms with Crippen LogP contribution in [0, 0.1) is 0 Å².